The van der Waals surface area contributed by atoms with E-state index in [0.29, 0.717) is 0 Å². The molecule has 0 aliphatic heterocycles. The van der Waals surface area contributed by atoms with Gasteiger partial charge in [0.15, 0.2) is 0 Å². The molecule has 0 fully saturated rings. The van der Waals surface area contributed by atoms with Gasteiger partial charge in [0.2, 0.25) is 0 Å². The molecule has 0 radical (unpaired) electrons. The van der Waals surface area contributed by atoms with Crippen molar-refractivity contribution in [3.8, 4) is 0 Å². The molecule has 12 aromatic carbocycles. The van der Waals surface area contributed by atoms with Crippen LogP contribution in [0.1, 0.15) is 363 Å². The smallest absolute Gasteiger partial charge is 0.0739 e. The lowest BCUT2D eigenvalue weighted by Crippen LogP contribution is -1.98. The van der Waals surface area contributed by atoms with Crippen molar-refractivity contribution in [1.82, 2.24) is 36.5 Å². The van der Waals surface area contributed by atoms with E-state index in [-0.39, 0.29) is 141 Å². The maximum absolute atomic E-state index is 2.47. The van der Waals surface area contributed by atoms with Crippen LogP contribution in [0.3, 0.4) is 0 Å². The molecule has 8 aromatic heterocycles. The molecule has 0 N–H and O–H groups in total. The van der Waals surface area contributed by atoms with Crippen molar-refractivity contribution in [3.63, 3.8) is 0 Å². The fraction of sp³-hybridized carbons (Fsp3) is 0.450. The second kappa shape index (κ2) is 81.8. The van der Waals surface area contributed by atoms with Gasteiger partial charge in [0.05, 0.1) is 22.1 Å². The topological polar surface area (TPSA) is 39.4 Å². The van der Waals surface area contributed by atoms with Crippen molar-refractivity contribution >= 4 is 174 Å². The highest BCUT2D eigenvalue weighted by molar-refractivity contribution is 6.29. The molecule has 0 saturated heterocycles. The number of aryl methyl sites for hydroxylation is 8. The quantitative estimate of drug-likeness (QED) is 0.145. The highest BCUT2D eigenvalue weighted by atomic mass is 15.0. The Bertz CT molecular complexity index is 6110. The second-order valence-corrected chi connectivity index (χ2v) is 25.5. The predicted molar refractivity (Wildman–Crippen MR) is 679 cm³/mol. The van der Waals surface area contributed by atoms with Gasteiger partial charge in [-0.05, 0) is 134 Å². The molecule has 0 aliphatic carbocycles. The van der Waals surface area contributed by atoms with Crippen LogP contribution >= 0.6 is 0 Å². The van der Waals surface area contributed by atoms with E-state index < -0.39 is 0 Å². The van der Waals surface area contributed by atoms with Gasteiger partial charge in [-0.1, -0.05) is 471 Å². The minimum absolute atomic E-state index is 0. The van der Waals surface area contributed by atoms with E-state index in [0.717, 1.165) is 52.4 Å². The fourth-order valence-corrected chi connectivity index (χ4v) is 17.3. The largest absolute Gasteiger partial charge is 0.341 e. The zero-order valence-corrected chi connectivity index (χ0v) is 80.3. The first-order chi connectivity index (χ1) is 59.4. The van der Waals surface area contributed by atoms with E-state index in [9.17, 15) is 0 Å². The summed E-state index contributed by atoms with van der Waals surface area (Å²) in [6, 6.07) is 88.8. The molecular formula is C131H228N8. The number of hydrogen-bond acceptors (Lipinski definition) is 0. The van der Waals surface area contributed by atoms with Crippen molar-refractivity contribution in [2.75, 3.05) is 0 Å². The maximum atomic E-state index is 2.47. The van der Waals surface area contributed by atoms with Gasteiger partial charge >= 0.3 is 0 Å². The van der Waals surface area contributed by atoms with E-state index >= 15 is 0 Å². The Kier molecular flexibility index (Phi) is 95.2. The van der Waals surface area contributed by atoms with Crippen LogP contribution in [-0.2, 0) is 52.4 Å². The fourth-order valence-electron chi connectivity index (χ4n) is 17.3. The second-order valence-electron chi connectivity index (χ2n) is 25.5. The van der Waals surface area contributed by atoms with Crippen molar-refractivity contribution in [1.29, 1.82) is 0 Å². The highest BCUT2D eigenvalue weighted by Gasteiger charge is 2.23. The lowest BCUT2D eigenvalue weighted by atomic mass is 10.1. The number of aromatic nitrogens is 8. The first-order valence-electron chi connectivity index (χ1n) is 47.0. The maximum Gasteiger partial charge on any atom is 0.0739 e. The Morgan fingerprint density at radius 2 is 0.266 bits per heavy atom. The highest BCUT2D eigenvalue weighted by Crippen LogP contribution is 2.44. The van der Waals surface area contributed by atoms with Crippen molar-refractivity contribution < 1.29 is 0 Å². The SMILES string of the molecule is C.C.C.C.C.C.C.C.C.C.C.C.C.C.C.C.C.C.C.CC.CC.CC.CC.CC.CC.CC.CC.CC.CC.CC.CC.CCn1c2ccccc2c2c1ccc1c3ccccc3n(CC)c12.CCn1c2ccccc2c2c3c4ccccc4n(CC)c3ccc21.CCn1c2ccccc2c2cc3c(cc21)c1ccccc1n3CC.CCn1c2ccccc2c2ccc3c4ccccc4n(CC)c3c21. The Hall–Kier alpha value is -11.0. The molecule has 0 atom stereocenters. The van der Waals surface area contributed by atoms with Gasteiger partial charge in [0.25, 0.3) is 0 Å². The van der Waals surface area contributed by atoms with Gasteiger partial charge in [0, 0.05) is 205 Å². The van der Waals surface area contributed by atoms with Crippen LogP contribution < -0.4 is 0 Å². The standard InChI is InChI=1S/4C22H20N2.12C2H6.19CH4/c1-3-23-19-11-7-5-9-15(19)17-14-22-18(13-21(17)23)16-10-6-8-12-20(16)24(22)4-2;1-3-23-19-12-8-6-10-17(19)21-20(23)14-13-16-15-9-5-7-11-18(15)24(4-2)22(16)21;1-3-23-19-11-7-5-9-15(19)17-13-14-18-16-10-6-8-12-20(16)24(4-2)22(18)21(17)23;1-3-23-17-11-7-5-9-15(17)21-19(23)13-14-20-22(21)16-10-6-8-12-18(16)24(20)4-2;12*1-2;;;;;;;;;;;;;;;;;;;/h4*5-14H,3-4H2,1-2H3;12*1-2H3;19*1H4. The van der Waals surface area contributed by atoms with E-state index in [1.165, 1.54) is 174 Å². The number of para-hydroxylation sites is 8. The number of nitrogens with zero attached hydrogens (tertiary/aromatic N) is 8. The first kappa shape index (κ1) is 162. The normalized spacial score (nSPS) is 8.86. The molecule has 139 heavy (non-hydrogen) atoms. The lowest BCUT2D eigenvalue weighted by Gasteiger charge is -2.08. The van der Waals surface area contributed by atoms with Crippen molar-refractivity contribution in [3.05, 3.63) is 243 Å². The molecule has 792 valence electrons. The van der Waals surface area contributed by atoms with Crippen LogP contribution in [-0.4, -0.2) is 36.5 Å². The zero-order valence-electron chi connectivity index (χ0n) is 80.3. The summed E-state index contributed by atoms with van der Waals surface area (Å²) >= 11 is 0. The van der Waals surface area contributed by atoms with Gasteiger partial charge in [-0.15, -0.1) is 0 Å². The van der Waals surface area contributed by atoms with Crippen molar-refractivity contribution in [2.24, 2.45) is 0 Å². The third kappa shape index (κ3) is 30.3. The molecule has 0 saturated carbocycles. The van der Waals surface area contributed by atoms with Crippen molar-refractivity contribution in [2.45, 2.75) is 415 Å². The van der Waals surface area contributed by atoms with Crippen LogP contribution in [0.15, 0.2) is 243 Å². The number of rotatable bonds is 8. The molecule has 20 aromatic rings. The van der Waals surface area contributed by atoms with Crippen LogP contribution in [0.5, 0.6) is 0 Å². The molecule has 0 spiro atoms. The number of benzene rings is 12. The first-order valence-corrected chi connectivity index (χ1v) is 47.0. The Balaban J connectivity index is -0.000000101. The van der Waals surface area contributed by atoms with Gasteiger partial charge in [0.1, 0.15) is 0 Å². The predicted octanol–water partition coefficient (Wildman–Crippen LogP) is 48.2. The zero-order chi connectivity index (χ0) is 89.0. The van der Waals surface area contributed by atoms with Crippen LogP contribution in [0.4, 0.5) is 0 Å². The molecular weight excluding hydrogens is 1690 g/mol. The summed E-state index contributed by atoms with van der Waals surface area (Å²) < 4.78 is 19.6. The molecule has 8 nitrogen and oxygen atoms in total. The lowest BCUT2D eigenvalue weighted by molar-refractivity contribution is 0.808. The summed E-state index contributed by atoms with van der Waals surface area (Å²) in [7, 11) is 0. The van der Waals surface area contributed by atoms with Gasteiger partial charge in [-0.25, -0.2) is 0 Å². The van der Waals surface area contributed by atoms with Gasteiger partial charge < -0.3 is 36.5 Å². The average molecular weight is 1920 g/mol. The summed E-state index contributed by atoms with van der Waals surface area (Å²) in [4.78, 5) is 0. The third-order valence-corrected chi connectivity index (χ3v) is 21.2. The molecule has 20 rings (SSSR count). The van der Waals surface area contributed by atoms with Crippen LogP contribution in [0, 0.1) is 0 Å². The van der Waals surface area contributed by atoms with Crippen LogP contribution in [0.2, 0.25) is 0 Å². The van der Waals surface area contributed by atoms with E-state index in [2.05, 4.69) is 335 Å². The Labute approximate surface area is 863 Å². The molecule has 0 unspecified atom stereocenters. The summed E-state index contributed by atoms with van der Waals surface area (Å²) in [6.07, 6.45) is 0. The molecule has 8 heteroatoms. The number of hydrogen-bond donors (Lipinski definition) is 0. The molecule has 8 heterocycles. The summed E-state index contributed by atoms with van der Waals surface area (Å²) in [5.74, 6) is 0. The summed E-state index contributed by atoms with van der Waals surface area (Å²) in [6.45, 7) is 73.7. The van der Waals surface area contributed by atoms with Gasteiger partial charge in [-0.3, -0.25) is 0 Å². The van der Waals surface area contributed by atoms with E-state index in [4.69, 9.17) is 0 Å². The summed E-state index contributed by atoms with van der Waals surface area (Å²) in [5, 5.41) is 21.8. The Morgan fingerprint density at radius 3 is 0.489 bits per heavy atom. The minimum atomic E-state index is 0. The van der Waals surface area contributed by atoms with Crippen LogP contribution in [0.25, 0.3) is 174 Å². The Morgan fingerprint density at radius 1 is 0.122 bits per heavy atom. The van der Waals surface area contributed by atoms with E-state index in [1.54, 1.807) is 0 Å². The monoisotopic (exact) mass is 1910 g/mol. The molecule has 0 bridgehead atoms. The average Bonchev–Trinajstić information content (AvgIpc) is 1.63. The van der Waals surface area contributed by atoms with Gasteiger partial charge in [-0.2, -0.15) is 0 Å². The van der Waals surface area contributed by atoms with E-state index in [1.807, 2.05) is 166 Å². The summed E-state index contributed by atoms with van der Waals surface area (Å²) in [5.41, 5.74) is 21.4. The number of fused-ring (bicyclic) bond motifs is 27. The minimum Gasteiger partial charge on any atom is -0.341 e. The third-order valence-electron chi connectivity index (χ3n) is 21.2. The molecule has 0 aliphatic rings. The molecule has 0 amide bonds.